The molecule has 1 aromatic heterocycles. The second kappa shape index (κ2) is 6.35. The van der Waals surface area contributed by atoms with Crippen LogP contribution in [0.4, 0.5) is 0 Å². The van der Waals surface area contributed by atoms with Crippen LogP contribution in [0.5, 0.6) is 0 Å². The van der Waals surface area contributed by atoms with Gasteiger partial charge in [-0.1, -0.05) is 18.5 Å². The number of pyridine rings is 1. The first kappa shape index (κ1) is 14.4. The number of carboxylic acids is 1. The number of carbonyl (C=O) groups excluding carboxylic acids is 1. The third kappa shape index (κ3) is 4.00. The predicted molar refractivity (Wildman–Crippen MR) is 67.7 cm³/mol. The van der Waals surface area contributed by atoms with E-state index in [0.717, 1.165) is 5.69 Å². The Bertz CT molecular complexity index is 463. The molecule has 18 heavy (non-hydrogen) atoms. The Hall–Kier alpha value is -1.62. The van der Waals surface area contributed by atoms with E-state index in [1.54, 1.807) is 19.9 Å². The van der Waals surface area contributed by atoms with E-state index < -0.39 is 11.9 Å². The number of hydrogen-bond donors (Lipinski definition) is 2. The number of rotatable bonds is 5. The van der Waals surface area contributed by atoms with Gasteiger partial charge in [-0.05, 0) is 19.4 Å². The minimum Gasteiger partial charge on any atom is -0.481 e. The highest BCUT2D eigenvalue weighted by atomic mass is 35.5. The summed E-state index contributed by atoms with van der Waals surface area (Å²) in [5.41, 5.74) is 1.03. The number of hydrogen-bond acceptors (Lipinski definition) is 3. The summed E-state index contributed by atoms with van der Waals surface area (Å²) in [6, 6.07) is 1.61. The van der Waals surface area contributed by atoms with Crippen molar-refractivity contribution in [3.63, 3.8) is 0 Å². The molecule has 1 heterocycles. The number of amides is 1. The van der Waals surface area contributed by atoms with Gasteiger partial charge in [-0.15, -0.1) is 0 Å². The van der Waals surface area contributed by atoms with Crippen LogP contribution in [0.3, 0.4) is 0 Å². The molecule has 0 bridgehead atoms. The van der Waals surface area contributed by atoms with Crippen molar-refractivity contribution in [2.24, 2.45) is 5.92 Å². The van der Waals surface area contributed by atoms with E-state index in [0.29, 0.717) is 17.0 Å². The molecular weight excluding hydrogens is 256 g/mol. The molecule has 0 spiro atoms. The molecule has 1 aromatic rings. The fourth-order valence-corrected chi connectivity index (χ4v) is 1.61. The van der Waals surface area contributed by atoms with E-state index in [2.05, 4.69) is 10.3 Å². The SMILES string of the molecule is Cc1cc(Cl)c(C(=O)NCCC(C)C(=O)O)cn1. The highest BCUT2D eigenvalue weighted by molar-refractivity contribution is 6.33. The van der Waals surface area contributed by atoms with E-state index in [9.17, 15) is 9.59 Å². The van der Waals surface area contributed by atoms with Gasteiger partial charge in [0.25, 0.3) is 5.91 Å². The van der Waals surface area contributed by atoms with Crippen molar-refractivity contribution in [2.45, 2.75) is 20.3 Å². The lowest BCUT2D eigenvalue weighted by Gasteiger charge is -2.08. The molecule has 1 rings (SSSR count). The van der Waals surface area contributed by atoms with Gasteiger partial charge >= 0.3 is 5.97 Å². The first-order valence-electron chi connectivity index (χ1n) is 5.55. The molecule has 0 radical (unpaired) electrons. The molecule has 0 fully saturated rings. The summed E-state index contributed by atoms with van der Waals surface area (Å²) in [6.45, 7) is 3.66. The molecule has 98 valence electrons. The zero-order valence-corrected chi connectivity index (χ0v) is 11.0. The van der Waals surface area contributed by atoms with Gasteiger partial charge in [0.15, 0.2) is 0 Å². The molecule has 0 aromatic carbocycles. The quantitative estimate of drug-likeness (QED) is 0.856. The Morgan fingerprint density at radius 2 is 2.22 bits per heavy atom. The van der Waals surface area contributed by atoms with E-state index in [4.69, 9.17) is 16.7 Å². The number of carbonyl (C=O) groups is 2. The van der Waals surface area contributed by atoms with Crippen LogP contribution in [0.15, 0.2) is 12.3 Å². The highest BCUT2D eigenvalue weighted by Crippen LogP contribution is 2.15. The number of aryl methyl sites for hydroxylation is 1. The zero-order chi connectivity index (χ0) is 13.7. The van der Waals surface area contributed by atoms with Crippen LogP contribution in [0, 0.1) is 12.8 Å². The number of halogens is 1. The van der Waals surface area contributed by atoms with Gasteiger partial charge in [0.05, 0.1) is 16.5 Å². The molecule has 0 saturated carbocycles. The normalized spacial score (nSPS) is 11.9. The molecule has 2 N–H and O–H groups in total. The Kier molecular flexibility index (Phi) is 5.09. The molecule has 0 aliphatic rings. The fraction of sp³-hybridized carbons (Fsp3) is 0.417. The predicted octanol–water partition coefficient (Wildman–Crippen LogP) is 1.88. The van der Waals surface area contributed by atoms with Gasteiger partial charge in [-0.3, -0.25) is 14.6 Å². The summed E-state index contributed by atoms with van der Waals surface area (Å²) >= 11 is 5.92. The van der Waals surface area contributed by atoms with E-state index >= 15 is 0 Å². The van der Waals surface area contributed by atoms with Crippen LogP contribution in [0.2, 0.25) is 5.02 Å². The minimum absolute atomic E-state index is 0.288. The zero-order valence-electron chi connectivity index (χ0n) is 10.2. The van der Waals surface area contributed by atoms with Crippen molar-refractivity contribution < 1.29 is 14.7 Å². The molecule has 5 nitrogen and oxygen atoms in total. The lowest BCUT2D eigenvalue weighted by atomic mass is 10.1. The largest absolute Gasteiger partial charge is 0.481 e. The second-order valence-corrected chi connectivity index (χ2v) is 4.50. The molecular formula is C12H15ClN2O3. The van der Waals surface area contributed by atoms with E-state index in [-0.39, 0.29) is 12.5 Å². The molecule has 1 amide bonds. The van der Waals surface area contributed by atoms with Gasteiger partial charge in [-0.2, -0.15) is 0 Å². The maximum Gasteiger partial charge on any atom is 0.306 e. The average Bonchev–Trinajstić information content (AvgIpc) is 2.28. The summed E-state index contributed by atoms with van der Waals surface area (Å²) in [4.78, 5) is 26.3. The molecule has 1 atom stereocenters. The number of nitrogens with zero attached hydrogens (tertiary/aromatic N) is 1. The summed E-state index contributed by atoms with van der Waals surface area (Å²) < 4.78 is 0. The second-order valence-electron chi connectivity index (χ2n) is 4.09. The van der Waals surface area contributed by atoms with Crippen molar-refractivity contribution >= 4 is 23.5 Å². The third-order valence-electron chi connectivity index (χ3n) is 2.52. The van der Waals surface area contributed by atoms with Crippen LogP contribution >= 0.6 is 11.6 Å². The Morgan fingerprint density at radius 1 is 1.56 bits per heavy atom. The van der Waals surface area contributed by atoms with E-state index in [1.165, 1.54) is 6.20 Å². The Labute approximate surface area is 110 Å². The third-order valence-corrected chi connectivity index (χ3v) is 2.83. The van der Waals surface area contributed by atoms with Gasteiger partial charge in [0, 0.05) is 18.4 Å². The maximum atomic E-state index is 11.7. The highest BCUT2D eigenvalue weighted by Gasteiger charge is 2.13. The topological polar surface area (TPSA) is 79.3 Å². The van der Waals surface area contributed by atoms with Crippen LogP contribution < -0.4 is 5.32 Å². The first-order valence-corrected chi connectivity index (χ1v) is 5.92. The smallest absolute Gasteiger partial charge is 0.306 e. The van der Waals surface area contributed by atoms with Crippen molar-refractivity contribution in [1.29, 1.82) is 0 Å². The molecule has 6 heteroatoms. The van der Waals surface area contributed by atoms with Crippen molar-refractivity contribution in [2.75, 3.05) is 6.54 Å². The molecule has 1 unspecified atom stereocenters. The van der Waals surface area contributed by atoms with Gasteiger partial charge in [-0.25, -0.2) is 0 Å². The summed E-state index contributed by atoms with van der Waals surface area (Å²) in [5, 5.41) is 11.7. The lowest BCUT2D eigenvalue weighted by Crippen LogP contribution is -2.27. The molecule has 0 aliphatic heterocycles. The summed E-state index contributed by atoms with van der Waals surface area (Å²) in [7, 11) is 0. The number of aromatic nitrogens is 1. The van der Waals surface area contributed by atoms with Crippen LogP contribution in [-0.2, 0) is 4.79 Å². The van der Waals surface area contributed by atoms with Gasteiger partial charge < -0.3 is 10.4 Å². The number of aliphatic carboxylic acids is 1. The number of carboxylic acid groups (broad SMARTS) is 1. The minimum atomic E-state index is -0.876. The lowest BCUT2D eigenvalue weighted by molar-refractivity contribution is -0.141. The molecule has 0 saturated heterocycles. The monoisotopic (exact) mass is 270 g/mol. The Balaban J connectivity index is 2.53. The van der Waals surface area contributed by atoms with Crippen molar-refractivity contribution in [3.8, 4) is 0 Å². The van der Waals surface area contributed by atoms with Crippen molar-refractivity contribution in [1.82, 2.24) is 10.3 Å². The van der Waals surface area contributed by atoms with Gasteiger partial charge in [0.2, 0.25) is 0 Å². The van der Waals surface area contributed by atoms with Crippen LogP contribution in [0.25, 0.3) is 0 Å². The first-order chi connectivity index (χ1) is 8.41. The maximum absolute atomic E-state index is 11.7. The van der Waals surface area contributed by atoms with E-state index in [1.807, 2.05) is 0 Å². The van der Waals surface area contributed by atoms with Gasteiger partial charge in [0.1, 0.15) is 0 Å². The molecule has 0 aliphatic carbocycles. The standard InChI is InChI=1S/C12H15ClN2O3/c1-7(12(17)18)3-4-14-11(16)9-6-15-8(2)5-10(9)13/h5-7H,3-4H2,1-2H3,(H,14,16)(H,17,18). The Morgan fingerprint density at radius 3 is 2.78 bits per heavy atom. The van der Waals surface area contributed by atoms with Crippen LogP contribution in [-0.4, -0.2) is 28.5 Å². The van der Waals surface area contributed by atoms with Crippen LogP contribution in [0.1, 0.15) is 29.4 Å². The summed E-state index contributed by atoms with van der Waals surface area (Å²) in [6.07, 6.45) is 1.78. The fourth-order valence-electron chi connectivity index (χ4n) is 1.31. The van der Waals surface area contributed by atoms with Crippen molar-refractivity contribution in [3.05, 3.63) is 28.5 Å². The number of nitrogens with one attached hydrogen (secondary N) is 1. The summed E-state index contributed by atoms with van der Waals surface area (Å²) in [5.74, 6) is -1.71. The average molecular weight is 271 g/mol.